The molecular formula is C47H54FN9O4. The number of hydrogen-bond acceptors (Lipinski definition) is 9. The Morgan fingerprint density at radius 2 is 1.75 bits per heavy atom. The third-order valence-electron chi connectivity index (χ3n) is 13.6. The minimum absolute atomic E-state index is 0.00724. The first-order valence-corrected chi connectivity index (χ1v) is 22.1. The summed E-state index contributed by atoms with van der Waals surface area (Å²) in [6, 6.07) is 18.6. The van der Waals surface area contributed by atoms with Crippen molar-refractivity contribution in [2.24, 2.45) is 18.9 Å². The highest BCUT2D eigenvalue weighted by Gasteiger charge is 2.34. The second-order valence-electron chi connectivity index (χ2n) is 17.5. The Hall–Kier alpha value is -5.76. The quantitative estimate of drug-likeness (QED) is 0.155. The molecule has 3 aromatic heterocycles. The van der Waals surface area contributed by atoms with Gasteiger partial charge in [0.25, 0.3) is 5.56 Å². The Bertz CT molecular complexity index is 2490. The summed E-state index contributed by atoms with van der Waals surface area (Å²) in [6.45, 7) is 4.83. The number of fused-ring (bicyclic) bond motifs is 1. The van der Waals surface area contributed by atoms with Gasteiger partial charge in [0.1, 0.15) is 5.69 Å². The molecule has 0 radical (unpaired) electrons. The van der Waals surface area contributed by atoms with Gasteiger partial charge in [-0.05, 0) is 119 Å². The largest absolute Gasteiger partial charge is 0.351 e. The maximum absolute atomic E-state index is 15.1. The van der Waals surface area contributed by atoms with Gasteiger partial charge in [0, 0.05) is 67.4 Å². The maximum atomic E-state index is 15.1. The molecule has 4 fully saturated rings. The fourth-order valence-corrected chi connectivity index (χ4v) is 10.1. The van der Waals surface area contributed by atoms with Crippen LogP contribution in [0.1, 0.15) is 93.7 Å². The van der Waals surface area contributed by atoms with Crippen LogP contribution < -0.4 is 16.2 Å². The highest BCUT2D eigenvalue weighted by molar-refractivity contribution is 6.02. The molecule has 3 amide bonds. The maximum Gasteiger partial charge on any atom is 0.255 e. The summed E-state index contributed by atoms with van der Waals surface area (Å²) in [5.74, 6) is 0.204. The van der Waals surface area contributed by atoms with E-state index in [0.29, 0.717) is 48.3 Å². The molecule has 61 heavy (non-hydrogen) atoms. The average molecular weight is 828 g/mol. The van der Waals surface area contributed by atoms with E-state index in [4.69, 9.17) is 5.10 Å². The van der Waals surface area contributed by atoms with Crippen LogP contribution in [0.2, 0.25) is 0 Å². The molecule has 1 saturated carbocycles. The number of pyridine rings is 1. The summed E-state index contributed by atoms with van der Waals surface area (Å²) >= 11 is 0. The molecule has 3 atom stereocenters. The zero-order valence-electron chi connectivity index (χ0n) is 34.8. The Morgan fingerprint density at radius 3 is 2.56 bits per heavy atom. The van der Waals surface area contributed by atoms with Gasteiger partial charge in [-0.25, -0.2) is 14.4 Å². The second-order valence-corrected chi connectivity index (χ2v) is 17.5. The predicted molar refractivity (Wildman–Crippen MR) is 231 cm³/mol. The number of aryl methyl sites for hydroxylation is 1. The van der Waals surface area contributed by atoms with E-state index in [2.05, 4.69) is 48.6 Å². The van der Waals surface area contributed by atoms with Crippen molar-refractivity contribution in [1.82, 2.24) is 39.4 Å². The monoisotopic (exact) mass is 827 g/mol. The molecule has 9 rings (SSSR count). The van der Waals surface area contributed by atoms with Crippen LogP contribution >= 0.6 is 0 Å². The van der Waals surface area contributed by atoms with E-state index in [1.54, 1.807) is 42.6 Å². The van der Waals surface area contributed by atoms with Gasteiger partial charge in [-0.1, -0.05) is 36.8 Å². The van der Waals surface area contributed by atoms with E-state index in [1.165, 1.54) is 22.4 Å². The summed E-state index contributed by atoms with van der Waals surface area (Å²) in [5, 5.41) is 11.6. The molecule has 1 aliphatic carbocycles. The topological polar surface area (TPSA) is 147 Å². The van der Waals surface area contributed by atoms with E-state index < -0.39 is 11.7 Å². The minimum Gasteiger partial charge on any atom is -0.351 e. The Balaban J connectivity index is 0.728. The van der Waals surface area contributed by atoms with Crippen LogP contribution in [0.3, 0.4) is 0 Å². The summed E-state index contributed by atoms with van der Waals surface area (Å²) in [7, 11) is 1.93. The summed E-state index contributed by atoms with van der Waals surface area (Å²) in [4.78, 5) is 64.0. The Kier molecular flexibility index (Phi) is 11.8. The lowest BCUT2D eigenvalue weighted by Gasteiger charge is -2.38. The number of hydrogen-bond donors (Lipinski definition) is 2. The lowest BCUT2D eigenvalue weighted by atomic mass is 9.84. The Labute approximate surface area is 354 Å². The second kappa shape index (κ2) is 17.7. The van der Waals surface area contributed by atoms with Gasteiger partial charge < -0.3 is 15.1 Å². The molecule has 5 aromatic rings. The number of nitrogens with zero attached hydrogens (tertiary/aromatic N) is 7. The van der Waals surface area contributed by atoms with Gasteiger partial charge in [-0.3, -0.25) is 33.7 Å². The van der Waals surface area contributed by atoms with E-state index in [1.807, 2.05) is 11.7 Å². The van der Waals surface area contributed by atoms with Gasteiger partial charge in [-0.2, -0.15) is 5.10 Å². The lowest BCUT2D eigenvalue weighted by molar-refractivity contribution is -0.138. The highest BCUT2D eigenvalue weighted by atomic mass is 19.1. The minimum atomic E-state index is -0.548. The number of likely N-dealkylation sites (tertiary alicyclic amines) is 2. The SMILES string of the molecule is Cn1nc(C2CCC(=O)NC2=O)c2ccc(C3CCN(CCC4CCN(C(=O)[C@H]5CCC[C@@H](Nc6ncc(F)c(-c7cccc(-n8ccccc8=O)c7)n6)C5)CC4)CC3)cc21. The molecule has 0 spiro atoms. The van der Waals surface area contributed by atoms with Gasteiger partial charge >= 0.3 is 0 Å². The molecule has 3 saturated heterocycles. The third kappa shape index (κ3) is 8.86. The van der Waals surface area contributed by atoms with Crippen LogP contribution in [0.5, 0.6) is 0 Å². The number of benzene rings is 2. The Morgan fingerprint density at radius 1 is 0.918 bits per heavy atom. The molecule has 6 heterocycles. The van der Waals surface area contributed by atoms with Crippen LogP contribution in [-0.2, 0) is 21.4 Å². The van der Waals surface area contributed by atoms with Crippen molar-refractivity contribution in [2.45, 2.75) is 88.5 Å². The van der Waals surface area contributed by atoms with Crippen LogP contribution in [0.25, 0.3) is 27.8 Å². The van der Waals surface area contributed by atoms with Gasteiger partial charge in [0.05, 0.1) is 23.3 Å². The number of carbonyl (C=O) groups excluding carboxylic acids is 3. The molecule has 318 valence electrons. The first-order chi connectivity index (χ1) is 29.7. The molecule has 13 nitrogen and oxygen atoms in total. The highest BCUT2D eigenvalue weighted by Crippen LogP contribution is 2.36. The van der Waals surface area contributed by atoms with Crippen LogP contribution in [-0.4, -0.2) is 90.6 Å². The normalized spacial score (nSPS) is 22.1. The van der Waals surface area contributed by atoms with E-state index in [0.717, 1.165) is 101 Å². The molecular weight excluding hydrogens is 774 g/mol. The van der Waals surface area contributed by atoms with Crippen molar-refractivity contribution in [2.75, 3.05) is 38.0 Å². The van der Waals surface area contributed by atoms with Crippen molar-refractivity contribution in [3.63, 3.8) is 0 Å². The first kappa shape index (κ1) is 40.6. The summed E-state index contributed by atoms with van der Waals surface area (Å²) in [6.07, 6.45) is 12.5. The average Bonchev–Trinajstić information content (AvgIpc) is 3.61. The van der Waals surface area contributed by atoms with Crippen molar-refractivity contribution < 1.29 is 18.8 Å². The molecule has 4 aliphatic rings. The molecule has 0 bridgehead atoms. The van der Waals surface area contributed by atoms with E-state index in [9.17, 15) is 19.2 Å². The van der Waals surface area contributed by atoms with Gasteiger partial charge in [0.15, 0.2) is 5.82 Å². The number of nitrogens with one attached hydrogen (secondary N) is 2. The van der Waals surface area contributed by atoms with Gasteiger partial charge in [0.2, 0.25) is 23.7 Å². The van der Waals surface area contributed by atoms with Crippen molar-refractivity contribution in [3.8, 4) is 16.9 Å². The molecule has 14 heteroatoms. The zero-order chi connectivity index (χ0) is 42.0. The van der Waals surface area contributed by atoms with E-state index in [-0.39, 0.29) is 40.9 Å². The van der Waals surface area contributed by atoms with Crippen LogP contribution in [0, 0.1) is 17.7 Å². The summed E-state index contributed by atoms with van der Waals surface area (Å²) in [5.41, 5.74) is 4.25. The molecule has 1 unspecified atom stereocenters. The molecule has 3 aliphatic heterocycles. The number of halogens is 1. The smallest absolute Gasteiger partial charge is 0.255 e. The first-order valence-electron chi connectivity index (χ1n) is 22.1. The number of rotatable bonds is 10. The number of aromatic nitrogens is 5. The lowest BCUT2D eigenvalue weighted by Crippen LogP contribution is -2.44. The van der Waals surface area contributed by atoms with Crippen molar-refractivity contribution in [1.29, 1.82) is 0 Å². The van der Waals surface area contributed by atoms with Crippen LogP contribution in [0.4, 0.5) is 10.3 Å². The fourth-order valence-electron chi connectivity index (χ4n) is 10.1. The number of imide groups is 1. The van der Waals surface area contributed by atoms with E-state index >= 15 is 4.39 Å². The fraction of sp³-hybridized carbons (Fsp3) is 0.468. The van der Waals surface area contributed by atoms with Crippen molar-refractivity contribution >= 4 is 34.6 Å². The van der Waals surface area contributed by atoms with Crippen molar-refractivity contribution in [3.05, 3.63) is 100 Å². The molecule has 2 N–H and O–H groups in total. The number of amides is 3. The standard InChI is InChI=1S/C47H54FN9O4/c1-54-40-28-32(11-12-37(40)44(53-54)38-13-14-41(58)51-45(38)60)31-18-22-55(23-19-31)21-15-30-16-24-56(25-17-30)46(61)34-7-4-8-35(26-34)50-47-49-29-39(48)43(52-47)33-6-5-9-36(27-33)57-20-3-2-10-42(57)59/h2-3,5-6,9-12,20,27-31,34-35,38H,4,7-8,13-19,21-26H2,1H3,(H,49,50,52)(H,51,58,60)/t34-,35+,38?/m0/s1. The van der Waals surface area contributed by atoms with Gasteiger partial charge in [-0.15, -0.1) is 0 Å². The third-order valence-corrected chi connectivity index (χ3v) is 13.6. The number of anilines is 1. The number of carbonyl (C=O) groups is 3. The van der Waals surface area contributed by atoms with Crippen LogP contribution in [0.15, 0.2) is 77.9 Å². The zero-order valence-corrected chi connectivity index (χ0v) is 34.8. The number of piperidine rings is 3. The predicted octanol–water partition coefficient (Wildman–Crippen LogP) is 6.32. The molecule has 2 aromatic carbocycles. The summed E-state index contributed by atoms with van der Waals surface area (Å²) < 4.78 is 18.5.